The van der Waals surface area contributed by atoms with Crippen LogP contribution in [0, 0.1) is 5.92 Å². The third-order valence-corrected chi connectivity index (χ3v) is 6.19. The number of aromatic nitrogens is 1. The van der Waals surface area contributed by atoms with E-state index in [1.165, 1.54) is 43.4 Å². The normalized spacial score (nSPS) is 15.9. The lowest BCUT2D eigenvalue weighted by Gasteiger charge is -2.21. The number of nitrogens with zero attached hydrogens (tertiary/aromatic N) is 1. The second kappa shape index (κ2) is 10.5. The molecule has 1 atom stereocenters. The molecule has 0 spiro atoms. The van der Waals surface area contributed by atoms with Crippen LogP contribution in [0.5, 0.6) is 5.75 Å². The Labute approximate surface area is 170 Å². The minimum atomic E-state index is -0.337. The lowest BCUT2D eigenvalue weighted by Crippen LogP contribution is -2.34. The van der Waals surface area contributed by atoms with E-state index >= 15 is 0 Å². The van der Waals surface area contributed by atoms with Gasteiger partial charge in [-0.25, -0.2) is 4.98 Å². The predicted molar refractivity (Wildman–Crippen MR) is 110 cm³/mol. The first-order chi connectivity index (χ1) is 13.7. The number of amides is 1. The molecule has 28 heavy (non-hydrogen) atoms. The van der Waals surface area contributed by atoms with E-state index in [1.54, 1.807) is 6.20 Å². The van der Waals surface area contributed by atoms with Crippen molar-refractivity contribution in [1.29, 1.82) is 0 Å². The third kappa shape index (κ3) is 6.02. The fourth-order valence-electron chi connectivity index (χ4n) is 3.48. The van der Waals surface area contributed by atoms with Crippen LogP contribution in [0.25, 0.3) is 0 Å². The van der Waals surface area contributed by atoms with E-state index in [9.17, 15) is 4.79 Å². The molecule has 0 saturated heterocycles. The molecule has 1 heterocycles. The van der Waals surface area contributed by atoms with Crippen molar-refractivity contribution in [1.82, 2.24) is 10.3 Å². The number of rotatable bonds is 9. The number of ether oxygens (including phenoxy) is 1. The summed E-state index contributed by atoms with van der Waals surface area (Å²) in [5.41, 5.74) is 6.71. The Balaban J connectivity index is 1.47. The van der Waals surface area contributed by atoms with Crippen LogP contribution in [0.4, 0.5) is 0 Å². The molecule has 1 fully saturated rings. The molecule has 0 unspecified atom stereocenters. The van der Waals surface area contributed by atoms with E-state index in [0.717, 1.165) is 22.8 Å². The first-order valence-electron chi connectivity index (χ1n) is 9.94. The number of benzene rings is 1. The van der Waals surface area contributed by atoms with Crippen LogP contribution in [0.2, 0.25) is 0 Å². The third-order valence-electron chi connectivity index (χ3n) is 5.09. The molecule has 0 bridgehead atoms. The van der Waals surface area contributed by atoms with Crippen LogP contribution in [0.3, 0.4) is 0 Å². The Kier molecular flexibility index (Phi) is 7.82. The average molecular weight is 404 g/mol. The van der Waals surface area contributed by atoms with E-state index < -0.39 is 0 Å². The van der Waals surface area contributed by atoms with E-state index in [2.05, 4.69) is 10.3 Å². The summed E-state index contributed by atoms with van der Waals surface area (Å²) < 4.78 is 5.91. The molecule has 1 aromatic heterocycles. The number of aliphatic hydroxyl groups is 1. The summed E-state index contributed by atoms with van der Waals surface area (Å²) in [6, 6.07) is 7.39. The van der Waals surface area contributed by atoms with Gasteiger partial charge in [-0.05, 0) is 36.5 Å². The van der Waals surface area contributed by atoms with Crippen LogP contribution in [-0.2, 0) is 17.8 Å². The molecule has 152 valence electrons. The number of hydrogen-bond acceptors (Lipinski definition) is 6. The molecule has 1 aliphatic carbocycles. The van der Waals surface area contributed by atoms with E-state index in [4.69, 9.17) is 15.6 Å². The van der Waals surface area contributed by atoms with Gasteiger partial charge in [0.1, 0.15) is 10.8 Å². The maximum absolute atomic E-state index is 12.4. The van der Waals surface area contributed by atoms with Gasteiger partial charge in [0.05, 0.1) is 30.6 Å². The lowest BCUT2D eigenvalue weighted by atomic mass is 9.90. The van der Waals surface area contributed by atoms with Gasteiger partial charge in [0.15, 0.2) is 0 Å². The van der Waals surface area contributed by atoms with Gasteiger partial charge < -0.3 is 20.9 Å². The van der Waals surface area contributed by atoms with Gasteiger partial charge in [-0.15, -0.1) is 11.3 Å². The minimum Gasteiger partial charge on any atom is -0.493 e. The topological polar surface area (TPSA) is 97.5 Å². The van der Waals surface area contributed by atoms with Gasteiger partial charge in [0.25, 0.3) is 0 Å². The monoisotopic (exact) mass is 403 g/mol. The number of thiazole rings is 1. The molecule has 7 heteroatoms. The van der Waals surface area contributed by atoms with E-state index in [0.29, 0.717) is 10.9 Å². The lowest BCUT2D eigenvalue weighted by molar-refractivity contribution is -0.121. The van der Waals surface area contributed by atoms with Gasteiger partial charge in [-0.3, -0.25) is 4.79 Å². The van der Waals surface area contributed by atoms with Gasteiger partial charge >= 0.3 is 0 Å². The summed E-state index contributed by atoms with van der Waals surface area (Å²) in [4.78, 5) is 17.4. The molecule has 1 saturated carbocycles. The number of nitrogens with one attached hydrogen (secondary N) is 1. The Morgan fingerprint density at radius 3 is 2.68 bits per heavy atom. The predicted octanol–water partition coefficient (Wildman–Crippen LogP) is 2.95. The highest BCUT2D eigenvalue weighted by Gasteiger charge is 2.17. The molecule has 3 rings (SSSR count). The second-order valence-electron chi connectivity index (χ2n) is 7.31. The minimum absolute atomic E-state index is 0.0575. The van der Waals surface area contributed by atoms with Crippen molar-refractivity contribution in [2.75, 3.05) is 13.2 Å². The van der Waals surface area contributed by atoms with Gasteiger partial charge in [-0.1, -0.05) is 31.4 Å². The summed E-state index contributed by atoms with van der Waals surface area (Å²) in [7, 11) is 0. The molecule has 1 amide bonds. The van der Waals surface area contributed by atoms with Crippen molar-refractivity contribution in [3.8, 4) is 5.75 Å². The first-order valence-corrected chi connectivity index (χ1v) is 10.8. The highest BCUT2D eigenvalue weighted by molar-refractivity contribution is 7.11. The average Bonchev–Trinajstić information content (AvgIpc) is 3.21. The highest BCUT2D eigenvalue weighted by Crippen LogP contribution is 2.25. The Bertz CT molecular complexity index is 742. The van der Waals surface area contributed by atoms with Crippen LogP contribution in [-0.4, -0.2) is 29.1 Å². The summed E-state index contributed by atoms with van der Waals surface area (Å²) >= 11 is 1.36. The summed E-state index contributed by atoms with van der Waals surface area (Å²) in [6.45, 7) is 0.984. The Morgan fingerprint density at radius 2 is 2.04 bits per heavy atom. The maximum Gasteiger partial charge on any atom is 0.225 e. The summed E-state index contributed by atoms with van der Waals surface area (Å²) in [6.07, 6.45) is 8.39. The first kappa shape index (κ1) is 20.8. The van der Waals surface area contributed by atoms with Crippen molar-refractivity contribution < 1.29 is 14.6 Å². The number of nitrogens with two attached hydrogens (primary N) is 1. The molecule has 4 N–H and O–H groups in total. The molecule has 2 aromatic rings. The molecular formula is C21H29N3O3S. The Hall–Kier alpha value is -1.96. The van der Waals surface area contributed by atoms with Crippen LogP contribution < -0.4 is 15.8 Å². The Morgan fingerprint density at radius 1 is 1.29 bits per heavy atom. The summed E-state index contributed by atoms with van der Waals surface area (Å²) in [5, 5.41) is 12.8. The molecule has 1 aliphatic rings. The van der Waals surface area contributed by atoms with Crippen molar-refractivity contribution in [2.45, 2.75) is 51.2 Å². The van der Waals surface area contributed by atoms with E-state index in [1.807, 2.05) is 24.3 Å². The molecule has 1 aromatic carbocycles. The second-order valence-corrected chi connectivity index (χ2v) is 8.46. The fourth-order valence-corrected chi connectivity index (χ4v) is 4.32. The zero-order valence-corrected chi connectivity index (χ0v) is 16.9. The van der Waals surface area contributed by atoms with E-state index in [-0.39, 0.29) is 31.5 Å². The van der Waals surface area contributed by atoms with Crippen LogP contribution in [0.15, 0.2) is 30.5 Å². The van der Waals surface area contributed by atoms with Gasteiger partial charge in [0, 0.05) is 12.7 Å². The van der Waals surface area contributed by atoms with Crippen molar-refractivity contribution in [3.63, 3.8) is 0 Å². The molecule has 6 nitrogen and oxygen atoms in total. The summed E-state index contributed by atoms with van der Waals surface area (Å²) in [5.74, 6) is 1.42. The fraction of sp³-hybridized carbons (Fsp3) is 0.524. The zero-order valence-electron chi connectivity index (χ0n) is 16.1. The van der Waals surface area contributed by atoms with Gasteiger partial charge in [0.2, 0.25) is 5.91 Å². The van der Waals surface area contributed by atoms with Crippen LogP contribution >= 0.6 is 11.3 Å². The van der Waals surface area contributed by atoms with Crippen molar-refractivity contribution in [2.24, 2.45) is 11.7 Å². The molecule has 0 aliphatic heterocycles. The number of hydrogen-bond donors (Lipinski definition) is 3. The quantitative estimate of drug-likeness (QED) is 0.598. The SMILES string of the molecule is NC[C@H](NC(=O)Cc1ccc(OCC2CCCCC2)cc1)c1ncc(CO)s1. The number of carbonyl (C=O) groups excluding carboxylic acids is 1. The van der Waals surface area contributed by atoms with Crippen LogP contribution in [0.1, 0.15) is 53.6 Å². The van der Waals surface area contributed by atoms with Crippen molar-refractivity contribution in [3.05, 3.63) is 45.9 Å². The van der Waals surface area contributed by atoms with Gasteiger partial charge in [-0.2, -0.15) is 0 Å². The number of carbonyl (C=O) groups is 1. The zero-order chi connectivity index (χ0) is 19.8. The molecule has 0 radical (unpaired) electrons. The highest BCUT2D eigenvalue weighted by atomic mass is 32.1. The maximum atomic E-state index is 12.4. The molecular weight excluding hydrogens is 374 g/mol. The smallest absolute Gasteiger partial charge is 0.225 e. The largest absolute Gasteiger partial charge is 0.493 e. The standard InChI is InChI=1S/C21H29N3O3S/c22-11-19(21-23-12-18(13-25)28-21)24-20(26)10-15-6-8-17(9-7-15)27-14-16-4-2-1-3-5-16/h6-9,12,16,19,25H,1-5,10-11,13-14,22H2,(H,24,26)/t19-/m0/s1. The number of aliphatic hydroxyl groups excluding tert-OH is 1. The van der Waals surface area contributed by atoms with Crippen molar-refractivity contribution >= 4 is 17.2 Å².